The Morgan fingerprint density at radius 1 is 0.676 bits per heavy atom. The molecule has 0 aliphatic carbocycles. The monoisotopic (exact) mass is 474 g/mol. The van der Waals surface area contributed by atoms with Gasteiger partial charge in [0, 0.05) is 0 Å². The van der Waals surface area contributed by atoms with Crippen molar-refractivity contribution >= 4 is 0 Å². The number of hydrogen-bond acceptors (Lipinski definition) is 6. The van der Waals surface area contributed by atoms with Gasteiger partial charge in [-0.3, -0.25) is 0 Å². The van der Waals surface area contributed by atoms with Crippen LogP contribution in [0.25, 0.3) is 0 Å². The second-order valence-electron chi connectivity index (χ2n) is 9.81. The maximum atomic E-state index is 11.2. The van der Waals surface area contributed by atoms with E-state index in [1.807, 2.05) is 45.0 Å². The molecule has 0 aromatic heterocycles. The Morgan fingerprint density at radius 2 is 1.18 bits per heavy atom. The molecule has 6 N–H and O–H groups in total. The van der Waals surface area contributed by atoms with Crippen LogP contribution in [0.3, 0.4) is 0 Å². The van der Waals surface area contributed by atoms with Crippen molar-refractivity contribution in [2.75, 3.05) is 6.61 Å². The van der Waals surface area contributed by atoms with Gasteiger partial charge in [-0.25, -0.2) is 0 Å². The summed E-state index contributed by atoms with van der Waals surface area (Å²) in [6, 6.07) is 12.2. The molecule has 0 spiro atoms. The standard InChI is InChI=1S/C28H42O6/c1-16-8-6-10-21(19(16)4)13-12-18(3)23(14-22-11-7-9-17(2)20(22)5)25(31)27(33)28(34)26(32)24(30)15-29/h6-11,18,23-34H,12-15H2,1-5H3/t18?,23?,24-,25?,26+,27+,28-/m0/s1. The molecule has 0 heterocycles. The molecular weight excluding hydrogens is 432 g/mol. The molecule has 2 rings (SSSR count). The number of hydrogen-bond donors (Lipinski definition) is 6. The Labute approximate surface area is 203 Å². The van der Waals surface area contributed by atoms with Gasteiger partial charge in [-0.05, 0) is 92.2 Å². The molecule has 6 heteroatoms. The van der Waals surface area contributed by atoms with Crippen LogP contribution in [-0.4, -0.2) is 67.8 Å². The van der Waals surface area contributed by atoms with Crippen LogP contribution in [-0.2, 0) is 12.8 Å². The highest BCUT2D eigenvalue weighted by Gasteiger charge is 2.39. The number of aliphatic hydroxyl groups excluding tert-OH is 6. The highest BCUT2D eigenvalue weighted by Crippen LogP contribution is 2.30. The van der Waals surface area contributed by atoms with Crippen LogP contribution in [0.5, 0.6) is 0 Å². The normalized spacial score (nSPS) is 18.1. The first-order valence-corrected chi connectivity index (χ1v) is 12.1. The fraction of sp³-hybridized carbons (Fsp3) is 0.571. The minimum absolute atomic E-state index is 0.0171. The molecule has 2 aromatic carbocycles. The molecule has 3 unspecified atom stereocenters. The molecule has 0 saturated carbocycles. The van der Waals surface area contributed by atoms with Crippen molar-refractivity contribution in [2.45, 2.75) is 84.4 Å². The predicted octanol–water partition coefficient (Wildman–Crippen LogP) is 2.14. The fourth-order valence-electron chi connectivity index (χ4n) is 4.62. The van der Waals surface area contributed by atoms with Crippen LogP contribution in [0.15, 0.2) is 36.4 Å². The van der Waals surface area contributed by atoms with Gasteiger partial charge in [-0.1, -0.05) is 43.3 Å². The maximum absolute atomic E-state index is 11.2. The van der Waals surface area contributed by atoms with Gasteiger partial charge in [0.15, 0.2) is 0 Å². The van der Waals surface area contributed by atoms with Crippen molar-refractivity contribution in [2.24, 2.45) is 11.8 Å². The van der Waals surface area contributed by atoms with Gasteiger partial charge >= 0.3 is 0 Å². The molecule has 6 nitrogen and oxygen atoms in total. The molecular formula is C28H42O6. The van der Waals surface area contributed by atoms with E-state index < -0.39 is 43.0 Å². The highest BCUT2D eigenvalue weighted by atomic mass is 16.4. The van der Waals surface area contributed by atoms with Crippen LogP contribution in [0.4, 0.5) is 0 Å². The van der Waals surface area contributed by atoms with E-state index in [-0.39, 0.29) is 5.92 Å². The lowest BCUT2D eigenvalue weighted by molar-refractivity contribution is -0.152. The summed E-state index contributed by atoms with van der Waals surface area (Å²) in [6.45, 7) is 9.51. The van der Waals surface area contributed by atoms with Crippen molar-refractivity contribution in [1.82, 2.24) is 0 Å². The summed E-state index contributed by atoms with van der Waals surface area (Å²) >= 11 is 0. The SMILES string of the molecule is Cc1cccc(CCC(C)C(Cc2cccc(C)c2C)C(O)[C@@H](O)[C@@H](O)[C@H](O)[C@@H](O)CO)c1C. The molecule has 0 fully saturated rings. The smallest absolute Gasteiger partial charge is 0.111 e. The van der Waals surface area contributed by atoms with Crippen LogP contribution < -0.4 is 0 Å². The minimum Gasteiger partial charge on any atom is -0.394 e. The Hall–Kier alpha value is -1.80. The summed E-state index contributed by atoms with van der Waals surface area (Å²) in [5.74, 6) is -0.426. The van der Waals surface area contributed by atoms with Gasteiger partial charge in [0.05, 0.1) is 12.7 Å². The van der Waals surface area contributed by atoms with Gasteiger partial charge in [0.1, 0.15) is 24.4 Å². The first kappa shape index (κ1) is 28.4. The van der Waals surface area contributed by atoms with E-state index >= 15 is 0 Å². The first-order valence-electron chi connectivity index (χ1n) is 12.1. The van der Waals surface area contributed by atoms with E-state index in [9.17, 15) is 25.5 Å². The van der Waals surface area contributed by atoms with Crippen molar-refractivity contribution < 1.29 is 30.6 Å². The molecule has 0 saturated heterocycles. The van der Waals surface area contributed by atoms with E-state index in [1.165, 1.54) is 16.7 Å². The quantitative estimate of drug-likeness (QED) is 0.280. The average molecular weight is 475 g/mol. The fourth-order valence-corrected chi connectivity index (χ4v) is 4.62. The molecule has 2 aromatic rings. The second-order valence-corrected chi connectivity index (χ2v) is 9.81. The Balaban J connectivity index is 2.28. The summed E-state index contributed by atoms with van der Waals surface area (Å²) in [4.78, 5) is 0. The lowest BCUT2D eigenvalue weighted by Crippen LogP contribution is -2.52. The van der Waals surface area contributed by atoms with E-state index in [2.05, 4.69) is 26.0 Å². The van der Waals surface area contributed by atoms with Crippen molar-refractivity contribution in [3.05, 3.63) is 69.8 Å². The van der Waals surface area contributed by atoms with Gasteiger partial charge in [0.2, 0.25) is 0 Å². The zero-order valence-electron chi connectivity index (χ0n) is 21.0. The van der Waals surface area contributed by atoms with E-state index in [4.69, 9.17) is 5.11 Å². The summed E-state index contributed by atoms with van der Waals surface area (Å²) in [7, 11) is 0. The van der Waals surface area contributed by atoms with Crippen LogP contribution in [0.2, 0.25) is 0 Å². The molecule has 34 heavy (non-hydrogen) atoms. The lowest BCUT2D eigenvalue weighted by Gasteiger charge is -2.36. The number of rotatable bonds is 12. The Bertz CT molecular complexity index is 914. The number of benzene rings is 2. The molecule has 7 atom stereocenters. The van der Waals surface area contributed by atoms with Crippen LogP contribution >= 0.6 is 0 Å². The summed E-state index contributed by atoms with van der Waals surface area (Å²) < 4.78 is 0. The third-order valence-electron chi connectivity index (χ3n) is 7.56. The topological polar surface area (TPSA) is 121 Å². The lowest BCUT2D eigenvalue weighted by atomic mass is 9.76. The van der Waals surface area contributed by atoms with E-state index in [1.54, 1.807) is 0 Å². The molecule has 0 bridgehead atoms. The molecule has 0 radical (unpaired) electrons. The van der Waals surface area contributed by atoms with Crippen molar-refractivity contribution in [1.29, 1.82) is 0 Å². The zero-order valence-corrected chi connectivity index (χ0v) is 21.0. The molecule has 0 aliphatic heterocycles. The number of aliphatic hydroxyl groups is 6. The van der Waals surface area contributed by atoms with Crippen LogP contribution in [0, 0.1) is 39.5 Å². The summed E-state index contributed by atoms with van der Waals surface area (Å²) in [5, 5.41) is 61.1. The van der Waals surface area contributed by atoms with Crippen molar-refractivity contribution in [3.63, 3.8) is 0 Å². The average Bonchev–Trinajstić information content (AvgIpc) is 2.83. The van der Waals surface area contributed by atoms with Gasteiger partial charge in [0.25, 0.3) is 0 Å². The Kier molecular flexibility index (Phi) is 10.7. The van der Waals surface area contributed by atoms with Gasteiger partial charge in [-0.2, -0.15) is 0 Å². The molecule has 0 aliphatic rings. The maximum Gasteiger partial charge on any atom is 0.111 e. The van der Waals surface area contributed by atoms with Gasteiger partial charge < -0.3 is 30.6 Å². The predicted molar refractivity (Wildman–Crippen MR) is 134 cm³/mol. The summed E-state index contributed by atoms with van der Waals surface area (Å²) in [5.41, 5.74) is 7.03. The molecule has 0 amide bonds. The van der Waals surface area contributed by atoms with E-state index in [0.717, 1.165) is 29.5 Å². The highest BCUT2D eigenvalue weighted by molar-refractivity contribution is 5.34. The minimum atomic E-state index is -1.80. The van der Waals surface area contributed by atoms with Crippen LogP contribution in [0.1, 0.15) is 46.7 Å². The van der Waals surface area contributed by atoms with E-state index in [0.29, 0.717) is 6.42 Å². The Morgan fingerprint density at radius 3 is 1.74 bits per heavy atom. The largest absolute Gasteiger partial charge is 0.394 e. The third kappa shape index (κ3) is 6.87. The zero-order chi connectivity index (χ0) is 25.6. The third-order valence-corrected chi connectivity index (χ3v) is 7.56. The summed E-state index contributed by atoms with van der Waals surface area (Å²) in [6.07, 6.45) is -6.15. The van der Waals surface area contributed by atoms with Gasteiger partial charge in [-0.15, -0.1) is 0 Å². The molecule has 190 valence electrons. The number of aryl methyl sites for hydroxylation is 3. The first-order chi connectivity index (χ1) is 16.0. The second kappa shape index (κ2) is 12.8. The van der Waals surface area contributed by atoms with Crippen molar-refractivity contribution in [3.8, 4) is 0 Å².